The molecular weight excluding hydrogens is 340 g/mol. The summed E-state index contributed by atoms with van der Waals surface area (Å²) >= 11 is 6.58. The molecule has 0 aliphatic heterocycles. The van der Waals surface area contributed by atoms with Gasteiger partial charge in [0.15, 0.2) is 0 Å². The lowest BCUT2D eigenvalue weighted by atomic mass is 10.2. The fraction of sp³-hybridized carbons (Fsp3) is 0.200. The first-order valence-electron chi connectivity index (χ1n) is 4.40. The molecule has 2 N–H and O–H groups in total. The van der Waals surface area contributed by atoms with Crippen LogP contribution in [0, 0.1) is 0 Å². The van der Waals surface area contributed by atoms with Crippen LogP contribution < -0.4 is 5.73 Å². The van der Waals surface area contributed by atoms with Gasteiger partial charge in [0.1, 0.15) is 0 Å². The molecule has 0 aliphatic rings. The minimum absolute atomic E-state index is 0.0943. The summed E-state index contributed by atoms with van der Waals surface area (Å²) in [5, 5.41) is 0. The third-order valence-corrected chi connectivity index (χ3v) is 2.76. The number of nitrogens with zero attached hydrogens (tertiary/aromatic N) is 1. The van der Waals surface area contributed by atoms with Crippen LogP contribution in [0.25, 0.3) is 0 Å². The molecule has 0 atom stereocenters. The van der Waals surface area contributed by atoms with Gasteiger partial charge in [-0.2, -0.15) is 0 Å². The summed E-state index contributed by atoms with van der Waals surface area (Å²) < 4.78 is 1.58. The van der Waals surface area contributed by atoms with Crippen LogP contribution in [0.2, 0.25) is 0 Å². The molecule has 86 valence electrons. The molecule has 1 aromatic carbocycles. The fourth-order valence-corrected chi connectivity index (χ4v) is 2.50. The van der Waals surface area contributed by atoms with Gasteiger partial charge in [0, 0.05) is 21.6 Å². The summed E-state index contributed by atoms with van der Waals surface area (Å²) in [5.41, 5.74) is 5.51. The van der Waals surface area contributed by atoms with Crippen molar-refractivity contribution in [2.75, 3.05) is 13.6 Å². The largest absolute Gasteiger partial charge is 0.368 e. The van der Waals surface area contributed by atoms with Crippen LogP contribution in [0.4, 0.5) is 0 Å². The second kappa shape index (κ2) is 5.45. The Bertz CT molecular complexity index is 415. The lowest BCUT2D eigenvalue weighted by Gasteiger charge is -2.15. The summed E-state index contributed by atoms with van der Waals surface area (Å²) in [5.74, 6) is -0.786. The molecule has 1 rings (SSSR count). The Morgan fingerprint density at radius 1 is 1.25 bits per heavy atom. The molecule has 6 heteroatoms. The Balaban J connectivity index is 2.91. The quantitative estimate of drug-likeness (QED) is 0.903. The van der Waals surface area contributed by atoms with E-state index in [9.17, 15) is 9.59 Å². The number of hydrogen-bond acceptors (Lipinski definition) is 2. The minimum Gasteiger partial charge on any atom is -0.368 e. The van der Waals surface area contributed by atoms with Gasteiger partial charge in [-0.1, -0.05) is 31.9 Å². The highest BCUT2D eigenvalue weighted by atomic mass is 79.9. The van der Waals surface area contributed by atoms with Crippen molar-refractivity contribution in [1.29, 1.82) is 0 Å². The number of nitrogens with two attached hydrogens (primary N) is 1. The zero-order valence-electron chi connectivity index (χ0n) is 8.54. The lowest BCUT2D eigenvalue weighted by Crippen LogP contribution is -2.35. The molecule has 0 spiro atoms. The van der Waals surface area contributed by atoms with Gasteiger partial charge in [-0.3, -0.25) is 9.59 Å². The number of amides is 2. The van der Waals surface area contributed by atoms with E-state index in [0.29, 0.717) is 5.56 Å². The third-order valence-electron chi connectivity index (χ3n) is 1.85. The van der Waals surface area contributed by atoms with Crippen molar-refractivity contribution in [2.24, 2.45) is 5.73 Å². The molecule has 1 aromatic rings. The van der Waals surface area contributed by atoms with Crippen molar-refractivity contribution in [3.05, 3.63) is 32.7 Å². The highest BCUT2D eigenvalue weighted by molar-refractivity contribution is 9.11. The molecular formula is C10H10Br2N2O2. The lowest BCUT2D eigenvalue weighted by molar-refractivity contribution is -0.118. The molecule has 0 unspecified atom stereocenters. The molecule has 0 heterocycles. The standard InChI is InChI=1S/C10H10Br2N2O2/c1-14(5-9(13)15)10(16)6-2-7(11)4-8(12)3-6/h2-4H,5H2,1H3,(H2,13,15). The van der Waals surface area contributed by atoms with Crippen molar-refractivity contribution in [3.63, 3.8) is 0 Å². The average Bonchev–Trinajstić information content (AvgIpc) is 2.13. The molecule has 0 aliphatic carbocycles. The maximum atomic E-state index is 11.9. The third kappa shape index (κ3) is 3.61. The highest BCUT2D eigenvalue weighted by Crippen LogP contribution is 2.20. The van der Waals surface area contributed by atoms with Gasteiger partial charge in [0.2, 0.25) is 5.91 Å². The minimum atomic E-state index is -0.537. The van der Waals surface area contributed by atoms with Crippen molar-refractivity contribution in [3.8, 4) is 0 Å². The zero-order chi connectivity index (χ0) is 12.3. The van der Waals surface area contributed by atoms with Crippen LogP contribution in [-0.2, 0) is 4.79 Å². The Morgan fingerprint density at radius 3 is 2.19 bits per heavy atom. The number of primary amides is 1. The first-order valence-corrected chi connectivity index (χ1v) is 5.98. The van der Waals surface area contributed by atoms with Crippen LogP contribution in [0.15, 0.2) is 27.1 Å². The maximum absolute atomic E-state index is 11.9. The van der Waals surface area contributed by atoms with E-state index in [0.717, 1.165) is 8.95 Å². The number of rotatable bonds is 3. The van der Waals surface area contributed by atoms with Crippen molar-refractivity contribution < 1.29 is 9.59 Å². The maximum Gasteiger partial charge on any atom is 0.254 e. The number of carbonyl (C=O) groups is 2. The second-order valence-electron chi connectivity index (χ2n) is 3.29. The topological polar surface area (TPSA) is 63.4 Å². The van der Waals surface area contributed by atoms with Crippen molar-refractivity contribution >= 4 is 43.7 Å². The van der Waals surface area contributed by atoms with Crippen LogP contribution >= 0.6 is 31.9 Å². The monoisotopic (exact) mass is 348 g/mol. The first kappa shape index (κ1) is 13.2. The SMILES string of the molecule is CN(CC(N)=O)C(=O)c1cc(Br)cc(Br)c1. The predicted octanol–water partition coefficient (Wildman–Crippen LogP) is 1.77. The Kier molecular flexibility index (Phi) is 4.49. The van der Waals surface area contributed by atoms with Gasteiger partial charge in [0.05, 0.1) is 6.54 Å². The van der Waals surface area contributed by atoms with Gasteiger partial charge in [-0.05, 0) is 18.2 Å². The van der Waals surface area contributed by atoms with E-state index < -0.39 is 5.91 Å². The smallest absolute Gasteiger partial charge is 0.254 e. The van der Waals surface area contributed by atoms with Crippen molar-refractivity contribution in [2.45, 2.75) is 0 Å². The summed E-state index contributed by atoms with van der Waals surface area (Å²) in [6.45, 7) is -0.0943. The van der Waals surface area contributed by atoms with Gasteiger partial charge < -0.3 is 10.6 Å². The molecule has 4 nitrogen and oxygen atoms in total. The van der Waals surface area contributed by atoms with Crippen molar-refractivity contribution in [1.82, 2.24) is 4.90 Å². The van der Waals surface area contributed by atoms with E-state index in [-0.39, 0.29) is 12.5 Å². The molecule has 0 radical (unpaired) electrons. The fourth-order valence-electron chi connectivity index (χ4n) is 1.20. The number of carbonyl (C=O) groups excluding carboxylic acids is 2. The second-order valence-corrected chi connectivity index (χ2v) is 5.12. The zero-order valence-corrected chi connectivity index (χ0v) is 11.7. The summed E-state index contributed by atoms with van der Waals surface area (Å²) in [7, 11) is 1.53. The van der Waals surface area contributed by atoms with E-state index in [4.69, 9.17) is 5.73 Å². The molecule has 0 saturated carbocycles. The normalized spacial score (nSPS) is 9.94. The van der Waals surface area contributed by atoms with Crippen LogP contribution in [0.5, 0.6) is 0 Å². The van der Waals surface area contributed by atoms with Crippen LogP contribution in [0.3, 0.4) is 0 Å². The number of likely N-dealkylation sites (N-methyl/N-ethyl adjacent to an activating group) is 1. The Labute approximate surface area is 110 Å². The highest BCUT2D eigenvalue weighted by Gasteiger charge is 2.14. The van der Waals surface area contributed by atoms with Gasteiger partial charge in [-0.25, -0.2) is 0 Å². The summed E-state index contributed by atoms with van der Waals surface area (Å²) in [4.78, 5) is 23.8. The van der Waals surface area contributed by atoms with E-state index in [1.165, 1.54) is 11.9 Å². The Morgan fingerprint density at radius 2 is 1.75 bits per heavy atom. The molecule has 0 saturated heterocycles. The van der Waals surface area contributed by atoms with Gasteiger partial charge in [-0.15, -0.1) is 0 Å². The van der Waals surface area contributed by atoms with E-state index >= 15 is 0 Å². The molecule has 2 amide bonds. The predicted molar refractivity (Wildman–Crippen MR) is 68.0 cm³/mol. The summed E-state index contributed by atoms with van der Waals surface area (Å²) in [6.07, 6.45) is 0. The molecule has 0 bridgehead atoms. The molecule has 0 aromatic heterocycles. The number of halogens is 2. The van der Waals surface area contributed by atoms with Gasteiger partial charge in [0.25, 0.3) is 5.91 Å². The number of benzene rings is 1. The molecule has 0 fully saturated rings. The van der Waals surface area contributed by atoms with E-state index in [1.54, 1.807) is 12.1 Å². The Hall–Kier alpha value is -0.880. The van der Waals surface area contributed by atoms with E-state index in [2.05, 4.69) is 31.9 Å². The first-order chi connectivity index (χ1) is 7.40. The summed E-state index contributed by atoms with van der Waals surface area (Å²) in [6, 6.07) is 5.19. The van der Waals surface area contributed by atoms with Crippen LogP contribution in [0.1, 0.15) is 10.4 Å². The van der Waals surface area contributed by atoms with Crippen LogP contribution in [-0.4, -0.2) is 30.3 Å². The van der Waals surface area contributed by atoms with E-state index in [1.807, 2.05) is 6.07 Å². The molecule has 16 heavy (non-hydrogen) atoms. The average molecular weight is 350 g/mol. The van der Waals surface area contributed by atoms with Gasteiger partial charge >= 0.3 is 0 Å². The number of hydrogen-bond donors (Lipinski definition) is 1.